The van der Waals surface area contributed by atoms with Crippen molar-refractivity contribution < 1.29 is 9.31 Å². The summed E-state index contributed by atoms with van der Waals surface area (Å²) in [5.74, 6) is -0.489. The predicted molar refractivity (Wildman–Crippen MR) is 81.9 cm³/mol. The number of nitrogens with zero attached hydrogens (tertiary/aromatic N) is 1. The average molecular weight is 351 g/mol. The number of aryl methyl sites for hydroxylation is 1. The van der Waals surface area contributed by atoms with Crippen LogP contribution in [0.4, 0.5) is 15.8 Å². The molecule has 0 saturated carbocycles. The quantitative estimate of drug-likeness (QED) is 0.650. The predicted octanol–water partition coefficient (Wildman–Crippen LogP) is 4.60. The van der Waals surface area contributed by atoms with E-state index in [0.717, 1.165) is 28.9 Å². The summed E-state index contributed by atoms with van der Waals surface area (Å²) in [6.45, 7) is 0. The first-order valence-corrected chi connectivity index (χ1v) is 7.32. The second-order valence-corrected chi connectivity index (χ2v) is 5.91. The summed E-state index contributed by atoms with van der Waals surface area (Å²) in [6, 6.07) is 9.42. The van der Waals surface area contributed by atoms with E-state index in [9.17, 15) is 14.5 Å². The number of anilines is 1. The fraction of sp³-hybridized carbons (Fsp3) is 0.200. The number of hydrogen-bond donors (Lipinski definition) is 1. The van der Waals surface area contributed by atoms with Gasteiger partial charge in [-0.15, -0.1) is 0 Å². The highest BCUT2D eigenvalue weighted by molar-refractivity contribution is 9.10. The smallest absolute Gasteiger partial charge is 0.292 e. The van der Waals surface area contributed by atoms with E-state index in [1.165, 1.54) is 17.7 Å². The Morgan fingerprint density at radius 1 is 1.29 bits per heavy atom. The Hall–Kier alpha value is -1.95. The molecule has 0 spiro atoms. The number of halogens is 2. The molecular formula is C15H12BrFN2O2. The van der Waals surface area contributed by atoms with Crippen LogP contribution in [0.1, 0.15) is 23.6 Å². The van der Waals surface area contributed by atoms with E-state index >= 15 is 0 Å². The molecule has 0 amide bonds. The van der Waals surface area contributed by atoms with Gasteiger partial charge in [0.05, 0.1) is 11.0 Å². The normalized spacial score (nSPS) is 16.6. The van der Waals surface area contributed by atoms with Gasteiger partial charge in [0.2, 0.25) is 0 Å². The van der Waals surface area contributed by atoms with Crippen LogP contribution in [-0.4, -0.2) is 4.92 Å². The van der Waals surface area contributed by atoms with Crippen LogP contribution >= 0.6 is 15.9 Å². The largest absolute Gasteiger partial charge is 0.373 e. The average Bonchev–Trinajstić information content (AvgIpc) is 2.81. The molecule has 6 heteroatoms. The zero-order valence-corrected chi connectivity index (χ0v) is 12.6. The molecule has 1 aliphatic carbocycles. The van der Waals surface area contributed by atoms with Crippen molar-refractivity contribution in [2.75, 3.05) is 5.32 Å². The number of fused-ring (bicyclic) bond motifs is 1. The molecule has 0 aliphatic heterocycles. The fourth-order valence-electron chi connectivity index (χ4n) is 2.71. The lowest BCUT2D eigenvalue weighted by Gasteiger charge is -2.15. The van der Waals surface area contributed by atoms with E-state index in [2.05, 4.69) is 27.3 Å². The summed E-state index contributed by atoms with van der Waals surface area (Å²) < 4.78 is 14.4. The molecule has 0 fully saturated rings. The van der Waals surface area contributed by atoms with Crippen molar-refractivity contribution in [3.8, 4) is 0 Å². The zero-order valence-electron chi connectivity index (χ0n) is 11.0. The molecule has 1 N–H and O–H groups in total. The molecule has 0 saturated heterocycles. The molecule has 0 aromatic heterocycles. The van der Waals surface area contributed by atoms with Gasteiger partial charge in [0.15, 0.2) is 0 Å². The molecule has 4 nitrogen and oxygen atoms in total. The third kappa shape index (κ3) is 2.76. The molecule has 3 rings (SSSR count). The van der Waals surface area contributed by atoms with Crippen molar-refractivity contribution in [1.82, 2.24) is 0 Å². The van der Waals surface area contributed by atoms with Crippen LogP contribution in [-0.2, 0) is 6.42 Å². The standard InChI is InChI=1S/C15H12BrFN2O2/c16-10-2-4-12-9(7-10)1-5-13(12)18-14-8-11(17)3-6-15(14)19(20)21/h2-4,6-8,13,18H,1,5H2. The Labute approximate surface area is 129 Å². The first kappa shape index (κ1) is 14.0. The van der Waals surface area contributed by atoms with Gasteiger partial charge in [-0.3, -0.25) is 10.1 Å². The van der Waals surface area contributed by atoms with E-state index in [0.29, 0.717) is 0 Å². The first-order chi connectivity index (χ1) is 10.0. The first-order valence-electron chi connectivity index (χ1n) is 6.53. The molecule has 2 aromatic carbocycles. The van der Waals surface area contributed by atoms with Gasteiger partial charge in [-0.05, 0) is 42.2 Å². The van der Waals surface area contributed by atoms with Gasteiger partial charge in [-0.1, -0.05) is 22.0 Å². The van der Waals surface area contributed by atoms with Crippen molar-refractivity contribution in [2.24, 2.45) is 0 Å². The molecule has 108 valence electrons. The Morgan fingerprint density at radius 3 is 2.86 bits per heavy atom. The molecular weight excluding hydrogens is 339 g/mol. The zero-order chi connectivity index (χ0) is 15.0. The molecule has 21 heavy (non-hydrogen) atoms. The molecule has 1 atom stereocenters. The lowest BCUT2D eigenvalue weighted by atomic mass is 10.1. The molecule has 1 aliphatic rings. The monoisotopic (exact) mass is 350 g/mol. The van der Waals surface area contributed by atoms with Crippen LogP contribution in [0.25, 0.3) is 0 Å². The van der Waals surface area contributed by atoms with Crippen molar-refractivity contribution in [2.45, 2.75) is 18.9 Å². The maximum absolute atomic E-state index is 13.4. The lowest BCUT2D eigenvalue weighted by molar-refractivity contribution is -0.384. The van der Waals surface area contributed by atoms with E-state index in [1.54, 1.807) is 0 Å². The van der Waals surface area contributed by atoms with E-state index in [-0.39, 0.29) is 17.4 Å². The number of nitro benzene ring substituents is 1. The van der Waals surface area contributed by atoms with Gasteiger partial charge >= 0.3 is 0 Å². The van der Waals surface area contributed by atoms with Gasteiger partial charge < -0.3 is 5.32 Å². The maximum atomic E-state index is 13.4. The van der Waals surface area contributed by atoms with Crippen molar-refractivity contribution >= 4 is 27.3 Å². The van der Waals surface area contributed by atoms with Crippen LogP contribution in [0.3, 0.4) is 0 Å². The summed E-state index contributed by atoms with van der Waals surface area (Å²) in [5.41, 5.74) is 2.43. The Bertz CT molecular complexity index is 721. The minimum Gasteiger partial charge on any atom is -0.373 e. The highest BCUT2D eigenvalue weighted by Gasteiger charge is 2.25. The van der Waals surface area contributed by atoms with E-state index in [1.807, 2.05) is 12.1 Å². The highest BCUT2D eigenvalue weighted by atomic mass is 79.9. The SMILES string of the molecule is O=[N+]([O-])c1ccc(F)cc1NC1CCc2cc(Br)ccc21. The van der Waals surface area contributed by atoms with Crippen LogP contribution in [0.5, 0.6) is 0 Å². The van der Waals surface area contributed by atoms with E-state index in [4.69, 9.17) is 0 Å². The van der Waals surface area contributed by atoms with Crippen LogP contribution in [0.2, 0.25) is 0 Å². The molecule has 0 radical (unpaired) electrons. The minimum atomic E-state index is -0.501. The molecule has 0 bridgehead atoms. The van der Waals surface area contributed by atoms with Crippen molar-refractivity contribution in [3.63, 3.8) is 0 Å². The third-order valence-electron chi connectivity index (χ3n) is 3.67. The highest BCUT2D eigenvalue weighted by Crippen LogP contribution is 2.37. The number of nitro groups is 1. The van der Waals surface area contributed by atoms with Crippen LogP contribution in [0, 0.1) is 15.9 Å². The summed E-state index contributed by atoms with van der Waals surface area (Å²) in [4.78, 5) is 10.5. The summed E-state index contributed by atoms with van der Waals surface area (Å²) in [5, 5.41) is 14.1. The maximum Gasteiger partial charge on any atom is 0.292 e. The van der Waals surface area contributed by atoms with Gasteiger partial charge in [-0.2, -0.15) is 0 Å². The lowest BCUT2D eigenvalue weighted by Crippen LogP contribution is -2.09. The second kappa shape index (κ2) is 5.44. The topological polar surface area (TPSA) is 55.2 Å². The fourth-order valence-corrected chi connectivity index (χ4v) is 3.12. The van der Waals surface area contributed by atoms with E-state index < -0.39 is 10.7 Å². The summed E-state index contributed by atoms with van der Waals surface area (Å²) >= 11 is 3.43. The molecule has 1 unspecified atom stereocenters. The number of benzene rings is 2. The van der Waals surface area contributed by atoms with Gasteiger partial charge in [0.25, 0.3) is 5.69 Å². The van der Waals surface area contributed by atoms with Gasteiger partial charge in [0, 0.05) is 16.6 Å². The minimum absolute atomic E-state index is 0.0337. The Kier molecular flexibility index (Phi) is 3.63. The third-order valence-corrected chi connectivity index (χ3v) is 4.16. The number of rotatable bonds is 3. The summed E-state index contributed by atoms with van der Waals surface area (Å²) in [6.07, 6.45) is 1.73. The van der Waals surface area contributed by atoms with Crippen LogP contribution < -0.4 is 5.32 Å². The molecule has 0 heterocycles. The second-order valence-electron chi connectivity index (χ2n) is 5.00. The van der Waals surface area contributed by atoms with Crippen LogP contribution in [0.15, 0.2) is 40.9 Å². The van der Waals surface area contributed by atoms with Gasteiger partial charge in [-0.25, -0.2) is 4.39 Å². The van der Waals surface area contributed by atoms with Crippen molar-refractivity contribution in [1.29, 1.82) is 0 Å². The Balaban J connectivity index is 1.93. The Morgan fingerprint density at radius 2 is 2.10 bits per heavy atom. The number of nitrogens with one attached hydrogen (secondary N) is 1. The van der Waals surface area contributed by atoms with Crippen molar-refractivity contribution in [3.05, 3.63) is 67.9 Å². The summed E-state index contributed by atoms with van der Waals surface area (Å²) in [7, 11) is 0. The van der Waals surface area contributed by atoms with Gasteiger partial charge in [0.1, 0.15) is 11.5 Å². The number of hydrogen-bond acceptors (Lipinski definition) is 3. The molecule has 2 aromatic rings.